The first-order valence-corrected chi connectivity index (χ1v) is 6.44. The summed E-state index contributed by atoms with van der Waals surface area (Å²) in [5.74, 6) is -0.236. The highest BCUT2D eigenvalue weighted by atomic mass is 35.5. The van der Waals surface area contributed by atoms with Crippen LogP contribution in [0.1, 0.15) is 6.92 Å². The van der Waals surface area contributed by atoms with Gasteiger partial charge in [-0.25, -0.2) is 4.98 Å². The third kappa shape index (κ3) is 3.05. The Labute approximate surface area is 108 Å². The lowest BCUT2D eigenvalue weighted by atomic mass is 10.2. The Morgan fingerprint density at radius 2 is 2.12 bits per heavy atom. The Morgan fingerprint density at radius 3 is 2.76 bits per heavy atom. The van der Waals surface area contributed by atoms with E-state index in [9.17, 15) is 4.79 Å². The van der Waals surface area contributed by atoms with Gasteiger partial charge in [0.25, 0.3) is 0 Å². The van der Waals surface area contributed by atoms with Gasteiger partial charge in [0.15, 0.2) is 5.13 Å². The van der Waals surface area contributed by atoms with E-state index in [-0.39, 0.29) is 5.91 Å². The number of nitrogens with zero attached hydrogens (tertiary/aromatic N) is 1. The fourth-order valence-electron chi connectivity index (χ4n) is 1.28. The van der Waals surface area contributed by atoms with Gasteiger partial charge in [-0.1, -0.05) is 30.3 Å². The van der Waals surface area contributed by atoms with Crippen molar-refractivity contribution in [2.75, 3.05) is 5.32 Å². The van der Waals surface area contributed by atoms with E-state index < -0.39 is 5.38 Å². The summed E-state index contributed by atoms with van der Waals surface area (Å²) in [6.45, 7) is 1.63. The van der Waals surface area contributed by atoms with Gasteiger partial charge in [0.1, 0.15) is 5.38 Å². The molecule has 1 heterocycles. The van der Waals surface area contributed by atoms with Crippen molar-refractivity contribution in [2.45, 2.75) is 12.3 Å². The maximum absolute atomic E-state index is 11.4. The Hall–Kier alpha value is -1.39. The molecule has 5 heteroatoms. The zero-order valence-corrected chi connectivity index (χ0v) is 10.8. The lowest BCUT2D eigenvalue weighted by molar-refractivity contribution is -0.115. The predicted molar refractivity (Wildman–Crippen MR) is 71.5 cm³/mol. The lowest BCUT2D eigenvalue weighted by Gasteiger charge is -2.01. The molecule has 0 bridgehead atoms. The molecular formula is C12H11ClN2OS. The summed E-state index contributed by atoms with van der Waals surface area (Å²) in [6.07, 6.45) is 0. The van der Waals surface area contributed by atoms with Crippen LogP contribution in [-0.2, 0) is 4.79 Å². The van der Waals surface area contributed by atoms with Crippen LogP contribution < -0.4 is 5.32 Å². The van der Waals surface area contributed by atoms with E-state index in [0.717, 1.165) is 11.3 Å². The molecule has 2 rings (SSSR count). The predicted octanol–water partition coefficient (Wildman–Crippen LogP) is 3.38. The summed E-state index contributed by atoms with van der Waals surface area (Å²) in [7, 11) is 0. The van der Waals surface area contributed by atoms with E-state index in [4.69, 9.17) is 11.6 Å². The van der Waals surface area contributed by atoms with E-state index >= 15 is 0 Å². The van der Waals surface area contributed by atoms with Gasteiger partial charge in [0.05, 0.1) is 5.69 Å². The molecule has 1 atom stereocenters. The normalized spacial score (nSPS) is 12.1. The van der Waals surface area contributed by atoms with Gasteiger partial charge in [0.2, 0.25) is 5.91 Å². The summed E-state index contributed by atoms with van der Waals surface area (Å²) in [5, 5.41) is 4.59. The second-order valence-electron chi connectivity index (χ2n) is 3.51. The molecule has 1 amide bonds. The zero-order valence-electron chi connectivity index (χ0n) is 9.18. The molecule has 0 unspecified atom stereocenters. The van der Waals surface area contributed by atoms with Crippen LogP contribution >= 0.6 is 22.9 Å². The van der Waals surface area contributed by atoms with Crippen LogP contribution in [0, 0.1) is 0 Å². The van der Waals surface area contributed by atoms with Crippen molar-refractivity contribution in [3.63, 3.8) is 0 Å². The van der Waals surface area contributed by atoms with Crippen molar-refractivity contribution in [3.8, 4) is 11.3 Å². The number of carbonyl (C=O) groups is 1. The highest BCUT2D eigenvalue weighted by Crippen LogP contribution is 2.24. The Balaban J connectivity index is 2.14. The van der Waals surface area contributed by atoms with E-state index in [2.05, 4.69) is 10.3 Å². The number of alkyl halides is 1. The molecule has 0 saturated heterocycles. The molecule has 1 aromatic carbocycles. The van der Waals surface area contributed by atoms with Gasteiger partial charge >= 0.3 is 0 Å². The maximum atomic E-state index is 11.4. The SMILES string of the molecule is C[C@@H](Cl)C(=O)Nc1nc(-c2ccccc2)cs1. The van der Waals surface area contributed by atoms with Crippen molar-refractivity contribution in [3.05, 3.63) is 35.7 Å². The number of thiazole rings is 1. The highest BCUT2D eigenvalue weighted by Gasteiger charge is 2.11. The van der Waals surface area contributed by atoms with Gasteiger partial charge in [-0.05, 0) is 6.92 Å². The van der Waals surface area contributed by atoms with Gasteiger partial charge < -0.3 is 5.32 Å². The molecule has 0 radical (unpaired) electrons. The molecular weight excluding hydrogens is 256 g/mol. The number of anilines is 1. The minimum Gasteiger partial charge on any atom is -0.301 e. The molecule has 0 aliphatic heterocycles. The fraction of sp³-hybridized carbons (Fsp3) is 0.167. The summed E-state index contributed by atoms with van der Waals surface area (Å²) < 4.78 is 0. The van der Waals surface area contributed by atoms with E-state index in [0.29, 0.717) is 5.13 Å². The molecule has 0 fully saturated rings. The number of benzene rings is 1. The average molecular weight is 267 g/mol. The van der Waals surface area contributed by atoms with Crippen LogP contribution in [0.15, 0.2) is 35.7 Å². The van der Waals surface area contributed by atoms with Gasteiger partial charge in [-0.3, -0.25) is 4.79 Å². The van der Waals surface area contributed by atoms with Gasteiger partial charge in [0, 0.05) is 10.9 Å². The Kier molecular flexibility index (Phi) is 3.76. The summed E-state index contributed by atoms with van der Waals surface area (Å²) in [4.78, 5) is 15.7. The van der Waals surface area contributed by atoms with Crippen molar-refractivity contribution in [1.82, 2.24) is 4.98 Å². The molecule has 88 valence electrons. The quantitative estimate of drug-likeness (QED) is 0.866. The first-order chi connectivity index (χ1) is 8.16. The summed E-state index contributed by atoms with van der Waals surface area (Å²) in [6, 6.07) is 9.81. The van der Waals surface area contributed by atoms with Crippen molar-refractivity contribution >= 4 is 34.0 Å². The first kappa shape index (κ1) is 12.1. The first-order valence-electron chi connectivity index (χ1n) is 5.12. The van der Waals surface area contributed by atoms with Gasteiger partial charge in [-0.15, -0.1) is 22.9 Å². The maximum Gasteiger partial charge on any atom is 0.243 e. The average Bonchev–Trinajstić information content (AvgIpc) is 2.78. The fourth-order valence-corrected chi connectivity index (χ4v) is 2.05. The zero-order chi connectivity index (χ0) is 12.3. The van der Waals surface area contributed by atoms with E-state index in [1.165, 1.54) is 11.3 Å². The number of hydrogen-bond donors (Lipinski definition) is 1. The largest absolute Gasteiger partial charge is 0.301 e. The summed E-state index contributed by atoms with van der Waals surface area (Å²) >= 11 is 7.06. The van der Waals surface area contributed by atoms with Crippen molar-refractivity contribution in [2.24, 2.45) is 0 Å². The second kappa shape index (κ2) is 5.29. The molecule has 0 aliphatic rings. The monoisotopic (exact) mass is 266 g/mol. The Morgan fingerprint density at radius 1 is 1.41 bits per heavy atom. The third-order valence-corrected chi connectivity index (χ3v) is 3.12. The molecule has 17 heavy (non-hydrogen) atoms. The molecule has 0 aliphatic carbocycles. The minimum atomic E-state index is -0.556. The number of hydrogen-bond acceptors (Lipinski definition) is 3. The number of rotatable bonds is 3. The number of nitrogens with one attached hydrogen (secondary N) is 1. The number of aromatic nitrogens is 1. The third-order valence-electron chi connectivity index (χ3n) is 2.17. The molecule has 3 nitrogen and oxygen atoms in total. The van der Waals surface area contributed by atoms with Crippen LogP contribution in [0.25, 0.3) is 11.3 Å². The molecule has 1 N–H and O–H groups in total. The molecule has 0 saturated carbocycles. The van der Waals surface area contributed by atoms with Crippen LogP contribution in [0.5, 0.6) is 0 Å². The number of amides is 1. The van der Waals surface area contributed by atoms with E-state index in [1.54, 1.807) is 6.92 Å². The molecule has 0 spiro atoms. The second-order valence-corrected chi connectivity index (χ2v) is 5.02. The van der Waals surface area contributed by atoms with Gasteiger partial charge in [-0.2, -0.15) is 0 Å². The highest BCUT2D eigenvalue weighted by molar-refractivity contribution is 7.14. The van der Waals surface area contributed by atoms with Crippen molar-refractivity contribution in [1.29, 1.82) is 0 Å². The van der Waals surface area contributed by atoms with E-state index in [1.807, 2.05) is 35.7 Å². The topological polar surface area (TPSA) is 42.0 Å². The smallest absolute Gasteiger partial charge is 0.243 e. The van der Waals surface area contributed by atoms with Crippen LogP contribution in [0.3, 0.4) is 0 Å². The standard InChI is InChI=1S/C12H11ClN2OS/c1-8(13)11(16)15-12-14-10(7-17-12)9-5-3-2-4-6-9/h2-8H,1H3,(H,14,15,16)/t8-/m1/s1. The minimum absolute atomic E-state index is 0.236. The van der Waals surface area contributed by atoms with Crippen LogP contribution in [-0.4, -0.2) is 16.3 Å². The molecule has 1 aromatic heterocycles. The molecule has 2 aromatic rings. The van der Waals surface area contributed by atoms with Crippen molar-refractivity contribution < 1.29 is 4.79 Å². The van der Waals surface area contributed by atoms with Crippen LogP contribution in [0.2, 0.25) is 0 Å². The lowest BCUT2D eigenvalue weighted by Crippen LogP contribution is -2.20. The number of carbonyl (C=O) groups excluding carboxylic acids is 1. The van der Waals surface area contributed by atoms with Crippen LogP contribution in [0.4, 0.5) is 5.13 Å². The Bertz CT molecular complexity index is 510. The summed E-state index contributed by atoms with van der Waals surface area (Å²) in [5.41, 5.74) is 1.89. The number of halogens is 1.